The van der Waals surface area contributed by atoms with E-state index in [0.717, 1.165) is 19.6 Å². The third kappa shape index (κ3) is 6.54. The van der Waals surface area contributed by atoms with Gasteiger partial charge < -0.3 is 15.3 Å². The molecule has 6 heteroatoms. The zero-order valence-corrected chi connectivity index (χ0v) is 11.9. The van der Waals surface area contributed by atoms with E-state index in [2.05, 4.69) is 29.2 Å². The highest BCUT2D eigenvalue weighted by atomic mass is 16.4. The summed E-state index contributed by atoms with van der Waals surface area (Å²) in [6.45, 7) is 3.72. The number of nitrogens with one attached hydrogen (secondary N) is 1. The number of rotatable bonds is 7. The van der Waals surface area contributed by atoms with Gasteiger partial charge in [-0.2, -0.15) is 0 Å². The Hall–Kier alpha value is -1.14. The van der Waals surface area contributed by atoms with Gasteiger partial charge in [0, 0.05) is 45.1 Å². The van der Waals surface area contributed by atoms with Crippen molar-refractivity contribution in [2.45, 2.75) is 31.7 Å². The largest absolute Gasteiger partial charge is 0.481 e. The van der Waals surface area contributed by atoms with Gasteiger partial charge in [-0.15, -0.1) is 0 Å². The number of carboxylic acids is 1. The Kier molecular flexibility index (Phi) is 6.80. The van der Waals surface area contributed by atoms with Gasteiger partial charge in [0.1, 0.15) is 0 Å². The van der Waals surface area contributed by atoms with Crippen LogP contribution in [0.5, 0.6) is 0 Å². The number of carboxylic acid groups (broad SMARTS) is 1. The summed E-state index contributed by atoms with van der Waals surface area (Å²) in [5, 5.41) is 11.4. The highest BCUT2D eigenvalue weighted by Crippen LogP contribution is 2.05. The number of likely N-dealkylation sites (N-methyl/N-ethyl adjacent to an activating group) is 2. The molecule has 0 spiro atoms. The highest BCUT2D eigenvalue weighted by molar-refractivity contribution is 5.75. The second kappa shape index (κ2) is 8.12. The van der Waals surface area contributed by atoms with Gasteiger partial charge in [0.2, 0.25) is 5.91 Å². The normalized spacial score (nSPS) is 21.3. The van der Waals surface area contributed by atoms with E-state index in [1.165, 1.54) is 0 Å². The molecule has 0 saturated carbocycles. The summed E-state index contributed by atoms with van der Waals surface area (Å²) in [6, 6.07) is 0.363. The number of hydrogen-bond donors (Lipinski definition) is 2. The minimum atomic E-state index is -0.799. The van der Waals surface area contributed by atoms with E-state index in [1.807, 2.05) is 0 Å². The zero-order valence-electron chi connectivity index (χ0n) is 11.9. The summed E-state index contributed by atoms with van der Waals surface area (Å²) in [5.74, 6) is -0.778. The summed E-state index contributed by atoms with van der Waals surface area (Å²) < 4.78 is 0. The van der Waals surface area contributed by atoms with Crippen LogP contribution in [-0.2, 0) is 9.59 Å². The summed E-state index contributed by atoms with van der Waals surface area (Å²) in [6.07, 6.45) is 1.76. The van der Waals surface area contributed by atoms with E-state index >= 15 is 0 Å². The van der Waals surface area contributed by atoms with Gasteiger partial charge in [-0.3, -0.25) is 14.5 Å². The number of nitrogens with zero attached hydrogens (tertiary/aromatic N) is 2. The maximum Gasteiger partial charge on any atom is 0.303 e. The van der Waals surface area contributed by atoms with Crippen molar-refractivity contribution in [3.8, 4) is 0 Å². The molecule has 2 N–H and O–H groups in total. The smallest absolute Gasteiger partial charge is 0.303 e. The molecule has 0 aromatic heterocycles. The molecule has 1 aliphatic heterocycles. The summed E-state index contributed by atoms with van der Waals surface area (Å²) in [7, 11) is 4.17. The first-order chi connectivity index (χ1) is 8.99. The van der Waals surface area contributed by atoms with Gasteiger partial charge in [-0.25, -0.2) is 0 Å². The van der Waals surface area contributed by atoms with Crippen LogP contribution in [-0.4, -0.2) is 73.1 Å². The maximum atomic E-state index is 11.6. The van der Waals surface area contributed by atoms with Crippen molar-refractivity contribution in [1.29, 1.82) is 0 Å². The average molecular weight is 271 g/mol. The van der Waals surface area contributed by atoms with E-state index in [4.69, 9.17) is 5.11 Å². The minimum absolute atomic E-state index is 0.0204. The number of hydrogen-bond acceptors (Lipinski definition) is 4. The van der Waals surface area contributed by atoms with Gasteiger partial charge in [0.15, 0.2) is 0 Å². The van der Waals surface area contributed by atoms with E-state index in [0.29, 0.717) is 31.8 Å². The molecule has 1 unspecified atom stereocenters. The van der Waals surface area contributed by atoms with Crippen molar-refractivity contribution in [2.24, 2.45) is 0 Å². The van der Waals surface area contributed by atoms with Crippen LogP contribution in [0.3, 0.4) is 0 Å². The van der Waals surface area contributed by atoms with E-state index in [1.54, 1.807) is 0 Å². The third-order valence-corrected chi connectivity index (χ3v) is 3.56. The molecule has 1 atom stereocenters. The van der Waals surface area contributed by atoms with Gasteiger partial charge in [0.05, 0.1) is 0 Å². The molecule has 1 heterocycles. The van der Waals surface area contributed by atoms with Gasteiger partial charge in [-0.1, -0.05) is 0 Å². The van der Waals surface area contributed by atoms with Crippen molar-refractivity contribution in [3.63, 3.8) is 0 Å². The van der Waals surface area contributed by atoms with Gasteiger partial charge >= 0.3 is 5.97 Å². The van der Waals surface area contributed by atoms with E-state index in [9.17, 15) is 9.59 Å². The first-order valence-electron chi connectivity index (χ1n) is 6.86. The molecular formula is C13H25N3O3. The number of carbonyl (C=O) groups is 2. The molecule has 0 radical (unpaired) electrons. The lowest BCUT2D eigenvalue weighted by Gasteiger charge is -2.37. The molecular weight excluding hydrogens is 246 g/mol. The van der Waals surface area contributed by atoms with Crippen LogP contribution in [0.15, 0.2) is 0 Å². The van der Waals surface area contributed by atoms with Gasteiger partial charge in [-0.05, 0) is 26.9 Å². The summed E-state index contributed by atoms with van der Waals surface area (Å²) in [5.41, 5.74) is 0. The fourth-order valence-electron chi connectivity index (χ4n) is 2.20. The average Bonchev–Trinajstić information content (AvgIpc) is 2.35. The van der Waals surface area contributed by atoms with Crippen LogP contribution in [0.1, 0.15) is 25.7 Å². The molecule has 0 aromatic rings. The van der Waals surface area contributed by atoms with Crippen molar-refractivity contribution < 1.29 is 14.7 Å². The maximum absolute atomic E-state index is 11.6. The molecule has 6 nitrogen and oxygen atoms in total. The summed E-state index contributed by atoms with van der Waals surface area (Å²) >= 11 is 0. The number of carbonyl (C=O) groups excluding carboxylic acids is 1. The monoisotopic (exact) mass is 271 g/mol. The molecule has 1 saturated heterocycles. The molecule has 0 aliphatic carbocycles. The third-order valence-electron chi connectivity index (χ3n) is 3.56. The quantitative estimate of drug-likeness (QED) is 0.637. The predicted molar refractivity (Wildman–Crippen MR) is 73.0 cm³/mol. The lowest BCUT2D eigenvalue weighted by atomic mass is 10.1. The van der Waals surface area contributed by atoms with Gasteiger partial charge in [0.25, 0.3) is 0 Å². The highest BCUT2D eigenvalue weighted by Gasteiger charge is 2.22. The van der Waals surface area contributed by atoms with E-state index < -0.39 is 5.97 Å². The van der Waals surface area contributed by atoms with Crippen LogP contribution < -0.4 is 5.32 Å². The van der Waals surface area contributed by atoms with Crippen molar-refractivity contribution in [2.75, 3.05) is 40.3 Å². The fourth-order valence-corrected chi connectivity index (χ4v) is 2.20. The Bertz CT molecular complexity index is 310. The lowest BCUT2D eigenvalue weighted by Crippen LogP contribution is -2.54. The minimum Gasteiger partial charge on any atom is -0.481 e. The SMILES string of the molecule is CN1CCN(C)C(CNC(=O)CCCCC(=O)O)C1. The van der Waals surface area contributed by atoms with Crippen molar-refractivity contribution in [1.82, 2.24) is 15.1 Å². The molecule has 19 heavy (non-hydrogen) atoms. The molecule has 1 amide bonds. The van der Waals surface area contributed by atoms with Crippen LogP contribution in [0.4, 0.5) is 0 Å². The van der Waals surface area contributed by atoms with Crippen LogP contribution >= 0.6 is 0 Å². The van der Waals surface area contributed by atoms with Crippen LogP contribution in [0.2, 0.25) is 0 Å². The molecule has 1 aliphatic rings. The predicted octanol–water partition coefficient (Wildman–Crippen LogP) is -0.00660. The molecule has 1 fully saturated rings. The second-order valence-electron chi connectivity index (χ2n) is 5.30. The molecule has 110 valence electrons. The number of unbranched alkanes of at least 4 members (excludes halogenated alkanes) is 1. The fraction of sp³-hybridized carbons (Fsp3) is 0.846. The Balaban J connectivity index is 2.13. The summed E-state index contributed by atoms with van der Waals surface area (Å²) in [4.78, 5) is 26.5. The zero-order chi connectivity index (χ0) is 14.3. The second-order valence-corrected chi connectivity index (χ2v) is 5.30. The van der Waals surface area contributed by atoms with Crippen LogP contribution in [0.25, 0.3) is 0 Å². The number of aliphatic carboxylic acids is 1. The van der Waals surface area contributed by atoms with Crippen molar-refractivity contribution >= 4 is 11.9 Å². The first kappa shape index (κ1) is 15.9. The number of amides is 1. The Morgan fingerprint density at radius 3 is 2.58 bits per heavy atom. The molecule has 0 bridgehead atoms. The first-order valence-corrected chi connectivity index (χ1v) is 6.86. The Labute approximate surface area is 114 Å². The molecule has 0 aromatic carbocycles. The van der Waals surface area contributed by atoms with Crippen LogP contribution in [0, 0.1) is 0 Å². The Morgan fingerprint density at radius 1 is 1.21 bits per heavy atom. The Morgan fingerprint density at radius 2 is 1.89 bits per heavy atom. The standard InChI is InChI=1S/C13H25N3O3/c1-15-7-8-16(2)11(10-15)9-14-12(17)5-3-4-6-13(18)19/h11H,3-10H2,1-2H3,(H,14,17)(H,18,19). The van der Waals surface area contributed by atoms with Crippen molar-refractivity contribution in [3.05, 3.63) is 0 Å². The van der Waals surface area contributed by atoms with E-state index in [-0.39, 0.29) is 12.3 Å². The molecule has 1 rings (SSSR count). The topological polar surface area (TPSA) is 72.9 Å². The number of piperazine rings is 1. The lowest BCUT2D eigenvalue weighted by molar-refractivity contribution is -0.137.